The summed E-state index contributed by atoms with van der Waals surface area (Å²) in [6.07, 6.45) is 2.79. The molecular formula is C11H16N2O3. The van der Waals surface area contributed by atoms with Crippen molar-refractivity contribution in [3.63, 3.8) is 0 Å². The maximum atomic E-state index is 12.1. The summed E-state index contributed by atoms with van der Waals surface area (Å²) in [4.78, 5) is 24.0. The Morgan fingerprint density at radius 2 is 1.94 bits per heavy atom. The van der Waals surface area contributed by atoms with E-state index in [9.17, 15) is 9.59 Å². The molecule has 0 bridgehead atoms. The molecule has 1 saturated carbocycles. The molecule has 1 N–H and O–H groups in total. The Kier molecular flexibility index (Phi) is 3.53. The summed E-state index contributed by atoms with van der Waals surface area (Å²) in [5.41, 5.74) is -0.988. The fourth-order valence-electron chi connectivity index (χ4n) is 2.03. The minimum atomic E-state index is -1.05. The highest BCUT2D eigenvalue weighted by Crippen LogP contribution is 2.39. The number of likely N-dealkylation sites (N-methyl/N-ethyl adjacent to an activating group) is 1. The van der Waals surface area contributed by atoms with Gasteiger partial charge in [-0.1, -0.05) is 12.8 Å². The first kappa shape index (κ1) is 12.5. The molecule has 1 atom stereocenters. The summed E-state index contributed by atoms with van der Waals surface area (Å²) in [6, 6.07) is 1.18. The number of nitriles is 1. The Bertz CT molecular complexity index is 340. The van der Waals surface area contributed by atoms with E-state index in [1.165, 1.54) is 14.0 Å². The van der Waals surface area contributed by atoms with Crippen LogP contribution in [0.3, 0.4) is 0 Å². The van der Waals surface area contributed by atoms with E-state index in [1.807, 2.05) is 0 Å². The number of hydrogen-bond donors (Lipinski definition) is 1. The first-order chi connectivity index (χ1) is 7.44. The van der Waals surface area contributed by atoms with Crippen molar-refractivity contribution in [2.45, 2.75) is 38.6 Å². The van der Waals surface area contributed by atoms with E-state index in [0.29, 0.717) is 12.8 Å². The van der Waals surface area contributed by atoms with Gasteiger partial charge in [-0.2, -0.15) is 5.26 Å². The lowest BCUT2D eigenvalue weighted by Gasteiger charge is -2.29. The normalized spacial score (nSPS) is 19.8. The van der Waals surface area contributed by atoms with Gasteiger partial charge in [-0.05, 0) is 19.8 Å². The minimum absolute atomic E-state index is 0.359. The first-order valence-electron chi connectivity index (χ1n) is 5.36. The molecule has 88 valence electrons. The third-order valence-corrected chi connectivity index (χ3v) is 3.34. The number of carbonyl (C=O) groups is 2. The molecule has 0 heterocycles. The molecule has 0 aromatic carbocycles. The molecule has 0 radical (unpaired) electrons. The van der Waals surface area contributed by atoms with E-state index in [4.69, 9.17) is 10.4 Å². The quantitative estimate of drug-likeness (QED) is 0.775. The Hall–Kier alpha value is -1.57. The molecule has 1 unspecified atom stereocenters. The molecule has 1 fully saturated rings. The number of rotatable bonds is 3. The van der Waals surface area contributed by atoms with Gasteiger partial charge in [0.25, 0.3) is 0 Å². The molecule has 16 heavy (non-hydrogen) atoms. The lowest BCUT2D eigenvalue weighted by molar-refractivity contribution is -0.151. The molecule has 1 aliphatic carbocycles. The lowest BCUT2D eigenvalue weighted by Crippen LogP contribution is -2.47. The predicted octanol–water partition coefficient (Wildman–Crippen LogP) is 1.00. The molecule has 1 amide bonds. The number of nitrogens with zero attached hydrogens (tertiary/aromatic N) is 2. The van der Waals surface area contributed by atoms with E-state index in [2.05, 4.69) is 6.07 Å². The summed E-state index contributed by atoms with van der Waals surface area (Å²) in [6.45, 7) is 1.44. The number of aliphatic carboxylic acids is 1. The van der Waals surface area contributed by atoms with Gasteiger partial charge in [-0.25, -0.2) is 4.79 Å². The van der Waals surface area contributed by atoms with Crippen molar-refractivity contribution in [2.24, 2.45) is 5.41 Å². The van der Waals surface area contributed by atoms with E-state index >= 15 is 0 Å². The summed E-state index contributed by atoms with van der Waals surface area (Å²) >= 11 is 0. The third kappa shape index (κ3) is 2.01. The van der Waals surface area contributed by atoms with Gasteiger partial charge in [0.1, 0.15) is 11.5 Å². The Morgan fingerprint density at radius 1 is 1.44 bits per heavy atom. The fraction of sp³-hybridized carbons (Fsp3) is 0.727. The van der Waals surface area contributed by atoms with Crippen molar-refractivity contribution >= 4 is 11.9 Å². The zero-order valence-corrected chi connectivity index (χ0v) is 9.56. The average molecular weight is 224 g/mol. The molecule has 1 rings (SSSR count). The van der Waals surface area contributed by atoms with Crippen LogP contribution in [0.5, 0.6) is 0 Å². The number of carboxylic acid groups (broad SMARTS) is 1. The van der Waals surface area contributed by atoms with Gasteiger partial charge in [0.05, 0.1) is 6.07 Å². The SMILES string of the molecule is CC(C(=O)O)N(C)C(=O)C1(C#N)CCCC1. The van der Waals surface area contributed by atoms with Crippen molar-refractivity contribution in [3.05, 3.63) is 0 Å². The zero-order valence-electron chi connectivity index (χ0n) is 9.56. The maximum Gasteiger partial charge on any atom is 0.326 e. The second-order valence-electron chi connectivity index (χ2n) is 4.33. The van der Waals surface area contributed by atoms with Gasteiger partial charge in [-0.3, -0.25) is 4.79 Å². The van der Waals surface area contributed by atoms with Crippen LogP contribution in [-0.4, -0.2) is 35.0 Å². The van der Waals surface area contributed by atoms with Crippen LogP contribution in [0.15, 0.2) is 0 Å². The highest BCUT2D eigenvalue weighted by molar-refractivity contribution is 5.89. The molecular weight excluding hydrogens is 208 g/mol. The van der Waals surface area contributed by atoms with Crippen molar-refractivity contribution in [3.8, 4) is 6.07 Å². The van der Waals surface area contributed by atoms with E-state index < -0.39 is 17.4 Å². The van der Waals surface area contributed by atoms with Gasteiger partial charge in [0, 0.05) is 7.05 Å². The Morgan fingerprint density at radius 3 is 2.31 bits per heavy atom. The van der Waals surface area contributed by atoms with Gasteiger partial charge in [0.15, 0.2) is 0 Å². The molecule has 0 aliphatic heterocycles. The summed E-state index contributed by atoms with van der Waals surface area (Å²) < 4.78 is 0. The summed E-state index contributed by atoms with van der Waals surface area (Å²) in [5, 5.41) is 17.9. The summed E-state index contributed by atoms with van der Waals surface area (Å²) in [7, 11) is 1.44. The van der Waals surface area contributed by atoms with Crippen molar-refractivity contribution in [1.29, 1.82) is 5.26 Å². The van der Waals surface area contributed by atoms with Gasteiger partial charge in [0.2, 0.25) is 5.91 Å². The van der Waals surface area contributed by atoms with Crippen LogP contribution < -0.4 is 0 Å². The van der Waals surface area contributed by atoms with Crippen LogP contribution in [-0.2, 0) is 9.59 Å². The van der Waals surface area contributed by atoms with Gasteiger partial charge in [-0.15, -0.1) is 0 Å². The van der Waals surface area contributed by atoms with E-state index in [1.54, 1.807) is 0 Å². The highest BCUT2D eigenvalue weighted by atomic mass is 16.4. The van der Waals surface area contributed by atoms with E-state index in [-0.39, 0.29) is 5.91 Å². The maximum absolute atomic E-state index is 12.1. The second-order valence-corrected chi connectivity index (χ2v) is 4.33. The first-order valence-corrected chi connectivity index (χ1v) is 5.36. The fourth-order valence-corrected chi connectivity index (χ4v) is 2.03. The molecule has 0 spiro atoms. The molecule has 0 aromatic heterocycles. The number of amides is 1. The van der Waals surface area contributed by atoms with Crippen molar-refractivity contribution in [2.75, 3.05) is 7.05 Å². The van der Waals surface area contributed by atoms with Crippen molar-refractivity contribution in [1.82, 2.24) is 4.90 Å². The van der Waals surface area contributed by atoms with Gasteiger partial charge < -0.3 is 10.0 Å². The lowest BCUT2D eigenvalue weighted by atomic mass is 9.86. The monoisotopic (exact) mass is 224 g/mol. The minimum Gasteiger partial charge on any atom is -0.480 e. The van der Waals surface area contributed by atoms with Crippen LogP contribution in [0, 0.1) is 16.7 Å². The van der Waals surface area contributed by atoms with Crippen LogP contribution in [0.4, 0.5) is 0 Å². The average Bonchev–Trinajstić information content (AvgIpc) is 2.75. The van der Waals surface area contributed by atoms with Crippen LogP contribution >= 0.6 is 0 Å². The van der Waals surface area contributed by atoms with Crippen LogP contribution in [0.25, 0.3) is 0 Å². The Balaban J connectivity index is 2.85. The molecule has 1 aliphatic rings. The smallest absolute Gasteiger partial charge is 0.326 e. The Labute approximate surface area is 94.7 Å². The predicted molar refractivity (Wildman–Crippen MR) is 56.4 cm³/mol. The van der Waals surface area contributed by atoms with Crippen LogP contribution in [0.2, 0.25) is 0 Å². The highest BCUT2D eigenvalue weighted by Gasteiger charge is 2.44. The topological polar surface area (TPSA) is 81.4 Å². The standard InChI is InChI=1S/C11H16N2O3/c1-8(9(14)15)13(2)10(16)11(7-12)5-3-4-6-11/h8H,3-6H2,1-2H3,(H,14,15). The molecule has 0 aromatic rings. The number of carboxylic acids is 1. The van der Waals surface area contributed by atoms with Crippen molar-refractivity contribution < 1.29 is 14.7 Å². The third-order valence-electron chi connectivity index (χ3n) is 3.34. The number of hydrogen-bond acceptors (Lipinski definition) is 3. The molecule has 5 heteroatoms. The van der Waals surface area contributed by atoms with Gasteiger partial charge >= 0.3 is 5.97 Å². The van der Waals surface area contributed by atoms with E-state index in [0.717, 1.165) is 17.7 Å². The zero-order chi connectivity index (χ0) is 12.3. The largest absolute Gasteiger partial charge is 0.480 e. The molecule has 0 saturated heterocycles. The second kappa shape index (κ2) is 4.52. The molecule has 5 nitrogen and oxygen atoms in total. The summed E-state index contributed by atoms with van der Waals surface area (Å²) in [5.74, 6) is -1.41. The number of carbonyl (C=O) groups excluding carboxylic acids is 1. The van der Waals surface area contributed by atoms with Crippen LogP contribution in [0.1, 0.15) is 32.6 Å².